The minimum absolute atomic E-state index is 0.411. The molecular weight excluding hydrogens is 244 g/mol. The smallest absolute Gasteiger partial charge is 0.339 e. The third-order valence-electron chi connectivity index (χ3n) is 2.87. The molecule has 0 saturated carbocycles. The first-order valence-corrected chi connectivity index (χ1v) is 9.52. The third-order valence-corrected chi connectivity index (χ3v) is 5.36. The molecule has 0 unspecified atom stereocenters. The summed E-state index contributed by atoms with van der Waals surface area (Å²) >= 11 is 5.65. The van der Waals surface area contributed by atoms with Crippen molar-refractivity contribution in [1.82, 2.24) is 0 Å². The normalized spacial score (nSPS) is 25.6. The van der Waals surface area contributed by atoms with Crippen LogP contribution in [-0.2, 0) is 9.53 Å². The summed E-state index contributed by atoms with van der Waals surface area (Å²) in [7, 11) is -1.66. The van der Waals surface area contributed by atoms with Gasteiger partial charge in [-0.3, -0.25) is 0 Å². The maximum atomic E-state index is 11.5. The molecule has 1 heterocycles. The molecule has 92 valence electrons. The van der Waals surface area contributed by atoms with Gasteiger partial charge in [-0.05, 0) is 18.0 Å². The van der Waals surface area contributed by atoms with Crippen LogP contribution in [0, 0.1) is 0 Å². The van der Waals surface area contributed by atoms with Gasteiger partial charge in [-0.1, -0.05) is 25.7 Å². The molecule has 0 amide bonds. The number of hydrogen-bond acceptors (Lipinski definition) is 2. The summed E-state index contributed by atoms with van der Waals surface area (Å²) in [6.45, 7) is 6.85. The standard InChI is InChI=1S/C11H19ClO3Si/c1-16(2,3)9-5-8-15-11(9,10(13)14)6-4-7-12/h5H,4,6-8H2,1-3H3,(H,13,14)/t11-/m0/s1. The van der Waals surface area contributed by atoms with Crippen LogP contribution in [0.4, 0.5) is 0 Å². The second kappa shape index (κ2) is 4.90. The first-order valence-electron chi connectivity index (χ1n) is 5.49. The fourth-order valence-corrected chi connectivity index (χ4v) is 4.57. The van der Waals surface area contributed by atoms with Gasteiger partial charge in [-0.2, -0.15) is 0 Å². The molecular formula is C11H19ClO3Si. The van der Waals surface area contributed by atoms with Crippen molar-refractivity contribution in [1.29, 1.82) is 0 Å². The van der Waals surface area contributed by atoms with Crippen LogP contribution < -0.4 is 0 Å². The second-order valence-electron chi connectivity index (χ2n) is 5.10. The Bertz CT molecular complexity index is 309. The lowest BCUT2D eigenvalue weighted by Gasteiger charge is -2.33. The van der Waals surface area contributed by atoms with Crippen LogP contribution in [0.25, 0.3) is 0 Å². The SMILES string of the molecule is C[Si](C)(C)C1=CCO[C@]1(CCCCl)C(=O)O. The molecule has 16 heavy (non-hydrogen) atoms. The number of ether oxygens (including phenoxy) is 1. The average molecular weight is 263 g/mol. The minimum Gasteiger partial charge on any atom is -0.479 e. The summed E-state index contributed by atoms with van der Waals surface area (Å²) < 4.78 is 5.53. The number of alkyl halides is 1. The van der Waals surface area contributed by atoms with Gasteiger partial charge in [0.1, 0.15) is 0 Å². The number of carboxylic acid groups (broad SMARTS) is 1. The van der Waals surface area contributed by atoms with Crippen LogP contribution in [0.1, 0.15) is 12.8 Å². The summed E-state index contributed by atoms with van der Waals surface area (Å²) in [5.74, 6) is -0.402. The molecule has 0 saturated heterocycles. The molecule has 1 atom stereocenters. The van der Waals surface area contributed by atoms with Crippen molar-refractivity contribution in [2.45, 2.75) is 38.1 Å². The highest BCUT2D eigenvalue weighted by Gasteiger charge is 2.49. The highest BCUT2D eigenvalue weighted by molar-refractivity contribution is 6.83. The lowest BCUT2D eigenvalue weighted by Crippen LogP contribution is -2.48. The Morgan fingerprint density at radius 3 is 2.69 bits per heavy atom. The third kappa shape index (κ3) is 2.50. The molecule has 0 fully saturated rings. The van der Waals surface area contributed by atoms with Crippen LogP contribution in [0.2, 0.25) is 19.6 Å². The molecule has 0 spiro atoms. The van der Waals surface area contributed by atoms with E-state index >= 15 is 0 Å². The summed E-state index contributed by atoms with van der Waals surface area (Å²) in [5.41, 5.74) is -1.10. The lowest BCUT2D eigenvalue weighted by molar-refractivity contribution is -0.157. The van der Waals surface area contributed by atoms with Crippen LogP contribution in [-0.4, -0.2) is 37.2 Å². The van der Waals surface area contributed by atoms with E-state index in [2.05, 4.69) is 19.6 Å². The van der Waals surface area contributed by atoms with Gasteiger partial charge in [0.2, 0.25) is 0 Å². The highest BCUT2D eigenvalue weighted by Crippen LogP contribution is 2.38. The maximum absolute atomic E-state index is 11.5. The first-order chi connectivity index (χ1) is 7.34. The number of rotatable bonds is 5. The van der Waals surface area contributed by atoms with Crippen LogP contribution >= 0.6 is 11.6 Å². The molecule has 1 aliphatic rings. The summed E-state index contributed by atoms with van der Waals surface area (Å²) in [6, 6.07) is 0. The van der Waals surface area contributed by atoms with Crippen molar-refractivity contribution in [3.63, 3.8) is 0 Å². The van der Waals surface area contributed by atoms with Crippen molar-refractivity contribution < 1.29 is 14.6 Å². The zero-order valence-electron chi connectivity index (χ0n) is 10.0. The van der Waals surface area contributed by atoms with E-state index < -0.39 is 19.6 Å². The molecule has 3 nitrogen and oxygen atoms in total. The molecule has 0 bridgehead atoms. The summed E-state index contributed by atoms with van der Waals surface area (Å²) in [5, 5.41) is 10.4. The quantitative estimate of drug-likeness (QED) is 0.612. The Balaban J connectivity index is 3.02. The van der Waals surface area contributed by atoms with Gasteiger partial charge in [0.25, 0.3) is 0 Å². The van der Waals surface area contributed by atoms with E-state index in [0.717, 1.165) is 5.20 Å². The van der Waals surface area contributed by atoms with Gasteiger partial charge in [0, 0.05) is 5.88 Å². The zero-order chi connectivity index (χ0) is 12.4. The van der Waals surface area contributed by atoms with Crippen molar-refractivity contribution in [3.05, 3.63) is 11.3 Å². The van der Waals surface area contributed by atoms with E-state index in [9.17, 15) is 9.90 Å². The van der Waals surface area contributed by atoms with Crippen molar-refractivity contribution >= 4 is 25.6 Å². The molecule has 0 aromatic heterocycles. The van der Waals surface area contributed by atoms with Crippen LogP contribution in [0.15, 0.2) is 11.3 Å². The number of hydrogen-bond donors (Lipinski definition) is 1. The Labute approximate surface area is 102 Å². The summed E-state index contributed by atoms with van der Waals surface area (Å²) in [4.78, 5) is 11.5. The molecule has 1 aliphatic heterocycles. The van der Waals surface area contributed by atoms with E-state index in [1.807, 2.05) is 6.08 Å². The molecule has 5 heteroatoms. The number of carbonyl (C=O) groups is 1. The van der Waals surface area contributed by atoms with Gasteiger partial charge >= 0.3 is 5.97 Å². The van der Waals surface area contributed by atoms with Crippen molar-refractivity contribution in [3.8, 4) is 0 Å². The molecule has 1 N–H and O–H groups in total. The maximum Gasteiger partial charge on any atom is 0.339 e. The van der Waals surface area contributed by atoms with E-state index in [0.29, 0.717) is 25.3 Å². The van der Waals surface area contributed by atoms with Crippen LogP contribution in [0.5, 0.6) is 0 Å². The van der Waals surface area contributed by atoms with Crippen molar-refractivity contribution in [2.24, 2.45) is 0 Å². The first kappa shape index (κ1) is 13.7. The Morgan fingerprint density at radius 1 is 1.62 bits per heavy atom. The highest BCUT2D eigenvalue weighted by atomic mass is 35.5. The lowest BCUT2D eigenvalue weighted by atomic mass is 9.98. The van der Waals surface area contributed by atoms with E-state index in [1.54, 1.807) is 0 Å². The van der Waals surface area contributed by atoms with Gasteiger partial charge in [0.05, 0.1) is 14.7 Å². The second-order valence-corrected chi connectivity index (χ2v) is 10.5. The number of aliphatic carboxylic acids is 1. The fraction of sp³-hybridized carbons (Fsp3) is 0.727. The Morgan fingerprint density at radius 2 is 2.25 bits per heavy atom. The Hall–Kier alpha value is -0.323. The monoisotopic (exact) mass is 262 g/mol. The predicted molar refractivity (Wildman–Crippen MR) is 67.7 cm³/mol. The van der Waals surface area contributed by atoms with E-state index in [1.165, 1.54) is 0 Å². The molecule has 1 rings (SSSR count). The van der Waals surface area contributed by atoms with Gasteiger partial charge in [0.15, 0.2) is 5.60 Å². The number of carboxylic acids is 1. The van der Waals surface area contributed by atoms with E-state index in [-0.39, 0.29) is 0 Å². The summed E-state index contributed by atoms with van der Waals surface area (Å²) in [6.07, 6.45) is 3.09. The predicted octanol–water partition coefficient (Wildman–Crippen LogP) is 2.66. The van der Waals surface area contributed by atoms with Gasteiger partial charge < -0.3 is 9.84 Å². The largest absolute Gasteiger partial charge is 0.479 e. The van der Waals surface area contributed by atoms with Gasteiger partial charge in [-0.25, -0.2) is 4.79 Å². The van der Waals surface area contributed by atoms with E-state index in [4.69, 9.17) is 16.3 Å². The zero-order valence-corrected chi connectivity index (χ0v) is 11.8. The topological polar surface area (TPSA) is 46.5 Å². The minimum atomic E-state index is -1.66. The molecule has 0 aliphatic carbocycles. The average Bonchev–Trinajstić information content (AvgIpc) is 2.58. The molecule has 0 aromatic rings. The van der Waals surface area contributed by atoms with Crippen molar-refractivity contribution in [2.75, 3.05) is 12.5 Å². The Kier molecular flexibility index (Phi) is 4.21. The molecule has 0 radical (unpaired) electrons. The molecule has 0 aromatic carbocycles. The fourth-order valence-electron chi connectivity index (χ4n) is 2.23. The number of halogens is 1. The van der Waals surface area contributed by atoms with Crippen LogP contribution in [0.3, 0.4) is 0 Å². The van der Waals surface area contributed by atoms with Gasteiger partial charge in [-0.15, -0.1) is 11.6 Å².